The van der Waals surface area contributed by atoms with Crippen LogP contribution in [0.5, 0.6) is 5.75 Å². The van der Waals surface area contributed by atoms with Gasteiger partial charge < -0.3 is 10.1 Å². The molecule has 0 bridgehead atoms. The first-order chi connectivity index (χ1) is 11.1. The van der Waals surface area contributed by atoms with E-state index in [4.69, 9.17) is 4.74 Å². The predicted octanol–water partition coefficient (Wildman–Crippen LogP) is 3.11. The highest BCUT2D eigenvalue weighted by Gasteiger charge is 2.12. The number of nitrogens with one attached hydrogen (secondary N) is 1. The highest BCUT2D eigenvalue weighted by Crippen LogP contribution is 2.12. The Hall–Kier alpha value is -2.69. The lowest BCUT2D eigenvalue weighted by atomic mass is 10.1. The van der Waals surface area contributed by atoms with Gasteiger partial charge in [-0.3, -0.25) is 9.59 Å². The Balaban J connectivity index is 1.78. The number of Topliss-reactive ketones (excluding diaryl/α,β-unsaturated/α-hetero) is 1. The van der Waals surface area contributed by atoms with Gasteiger partial charge in [-0.15, -0.1) is 0 Å². The van der Waals surface area contributed by atoms with E-state index < -0.39 is 5.82 Å². The zero-order chi connectivity index (χ0) is 16.7. The number of halogens is 1. The van der Waals surface area contributed by atoms with E-state index in [9.17, 15) is 14.0 Å². The number of carbonyl (C=O) groups excluding carboxylic acids is 2. The molecular weight excluding hydrogens is 297 g/mol. The van der Waals surface area contributed by atoms with E-state index in [0.29, 0.717) is 6.54 Å². The number of amides is 1. The molecule has 0 radical (unpaired) electrons. The van der Waals surface area contributed by atoms with Crippen LogP contribution < -0.4 is 10.1 Å². The first-order valence-electron chi connectivity index (χ1n) is 7.27. The topological polar surface area (TPSA) is 55.4 Å². The minimum atomic E-state index is -0.559. The van der Waals surface area contributed by atoms with Gasteiger partial charge in [0.15, 0.2) is 5.78 Å². The number of ketones is 1. The lowest BCUT2D eigenvalue weighted by molar-refractivity contribution is -0.121. The number of carbonyl (C=O) groups is 2. The molecule has 2 rings (SSSR count). The first kappa shape index (κ1) is 16.7. The van der Waals surface area contributed by atoms with Crippen LogP contribution in [0.1, 0.15) is 28.8 Å². The molecule has 0 aliphatic carbocycles. The van der Waals surface area contributed by atoms with Crippen LogP contribution in [0.25, 0.3) is 0 Å². The molecule has 1 N–H and O–H groups in total. The summed E-state index contributed by atoms with van der Waals surface area (Å²) in [6.07, 6.45) is 0.0126. The zero-order valence-corrected chi connectivity index (χ0v) is 12.8. The number of hydrogen-bond donors (Lipinski definition) is 1. The third kappa shape index (κ3) is 4.92. The minimum Gasteiger partial charge on any atom is -0.497 e. The van der Waals surface area contributed by atoms with Gasteiger partial charge in [0.1, 0.15) is 11.6 Å². The number of benzene rings is 2. The molecule has 0 fully saturated rings. The molecule has 0 aromatic heterocycles. The predicted molar refractivity (Wildman–Crippen MR) is 84.8 cm³/mol. The summed E-state index contributed by atoms with van der Waals surface area (Å²) in [6.45, 7) is 0.372. The van der Waals surface area contributed by atoms with E-state index >= 15 is 0 Å². The molecule has 0 unspecified atom stereocenters. The lowest BCUT2D eigenvalue weighted by Gasteiger charge is -2.06. The molecule has 5 heteroatoms. The zero-order valence-electron chi connectivity index (χ0n) is 12.8. The van der Waals surface area contributed by atoms with E-state index in [0.717, 1.165) is 11.3 Å². The average Bonchev–Trinajstić information content (AvgIpc) is 2.58. The maximum absolute atomic E-state index is 13.5. The van der Waals surface area contributed by atoms with Crippen LogP contribution in [0.2, 0.25) is 0 Å². The van der Waals surface area contributed by atoms with Gasteiger partial charge in [0, 0.05) is 19.4 Å². The van der Waals surface area contributed by atoms with Gasteiger partial charge >= 0.3 is 0 Å². The Labute approximate surface area is 134 Å². The van der Waals surface area contributed by atoms with Crippen molar-refractivity contribution in [2.75, 3.05) is 7.11 Å². The maximum atomic E-state index is 13.5. The molecule has 0 heterocycles. The Morgan fingerprint density at radius 3 is 2.39 bits per heavy atom. The van der Waals surface area contributed by atoms with Gasteiger partial charge in [-0.25, -0.2) is 4.39 Å². The molecule has 0 atom stereocenters. The van der Waals surface area contributed by atoms with Crippen molar-refractivity contribution in [3.63, 3.8) is 0 Å². The molecule has 23 heavy (non-hydrogen) atoms. The van der Waals surface area contributed by atoms with Crippen molar-refractivity contribution < 1.29 is 18.7 Å². The maximum Gasteiger partial charge on any atom is 0.220 e. The summed E-state index contributed by atoms with van der Waals surface area (Å²) in [5.41, 5.74) is 0.954. The third-order valence-corrected chi connectivity index (χ3v) is 3.40. The number of rotatable bonds is 7. The van der Waals surface area contributed by atoms with E-state index in [1.807, 2.05) is 24.3 Å². The van der Waals surface area contributed by atoms with Crippen molar-refractivity contribution in [3.05, 3.63) is 65.5 Å². The van der Waals surface area contributed by atoms with Gasteiger partial charge in [0.2, 0.25) is 5.91 Å². The molecule has 0 saturated heterocycles. The number of ether oxygens (including phenoxy) is 1. The highest BCUT2D eigenvalue weighted by molar-refractivity contribution is 5.98. The summed E-state index contributed by atoms with van der Waals surface area (Å²) in [5, 5.41) is 2.73. The summed E-state index contributed by atoms with van der Waals surface area (Å²) in [4.78, 5) is 23.7. The number of hydrogen-bond acceptors (Lipinski definition) is 3. The third-order valence-electron chi connectivity index (χ3n) is 3.40. The summed E-state index contributed by atoms with van der Waals surface area (Å²) in [6, 6.07) is 13.1. The summed E-state index contributed by atoms with van der Waals surface area (Å²) >= 11 is 0. The van der Waals surface area contributed by atoms with Crippen LogP contribution in [0.3, 0.4) is 0 Å². The lowest BCUT2D eigenvalue weighted by Crippen LogP contribution is -2.23. The fourth-order valence-corrected chi connectivity index (χ4v) is 2.08. The molecule has 2 aromatic carbocycles. The molecule has 0 aliphatic rings. The van der Waals surface area contributed by atoms with Crippen molar-refractivity contribution in [3.8, 4) is 5.75 Å². The molecule has 0 aliphatic heterocycles. The van der Waals surface area contributed by atoms with Crippen LogP contribution in [-0.4, -0.2) is 18.8 Å². The van der Waals surface area contributed by atoms with E-state index in [1.54, 1.807) is 13.2 Å². The monoisotopic (exact) mass is 315 g/mol. The van der Waals surface area contributed by atoms with Gasteiger partial charge in [0.25, 0.3) is 0 Å². The Bertz CT molecular complexity index is 683. The smallest absolute Gasteiger partial charge is 0.220 e. The second-order valence-electron chi connectivity index (χ2n) is 5.03. The largest absolute Gasteiger partial charge is 0.497 e. The van der Waals surface area contributed by atoms with Crippen LogP contribution >= 0.6 is 0 Å². The number of methoxy groups -OCH3 is 1. The van der Waals surface area contributed by atoms with E-state index in [1.165, 1.54) is 18.2 Å². The minimum absolute atomic E-state index is 0.0185. The van der Waals surface area contributed by atoms with Gasteiger partial charge in [0.05, 0.1) is 12.7 Å². The molecule has 2 aromatic rings. The summed E-state index contributed by atoms with van der Waals surface area (Å²) in [7, 11) is 1.59. The molecule has 120 valence electrons. The molecule has 0 saturated carbocycles. The Morgan fingerprint density at radius 2 is 1.74 bits per heavy atom. The van der Waals surface area contributed by atoms with Crippen molar-refractivity contribution in [2.45, 2.75) is 19.4 Å². The average molecular weight is 315 g/mol. The molecule has 0 spiro atoms. The van der Waals surface area contributed by atoms with Crippen molar-refractivity contribution in [2.24, 2.45) is 0 Å². The van der Waals surface area contributed by atoms with Gasteiger partial charge in [-0.05, 0) is 29.8 Å². The highest BCUT2D eigenvalue weighted by atomic mass is 19.1. The fourth-order valence-electron chi connectivity index (χ4n) is 2.08. The van der Waals surface area contributed by atoms with Crippen LogP contribution in [-0.2, 0) is 11.3 Å². The second-order valence-corrected chi connectivity index (χ2v) is 5.03. The Kier molecular flexibility index (Phi) is 5.86. The molecule has 1 amide bonds. The van der Waals surface area contributed by atoms with Crippen LogP contribution in [0.15, 0.2) is 48.5 Å². The molecule has 4 nitrogen and oxygen atoms in total. The first-order valence-corrected chi connectivity index (χ1v) is 7.27. The van der Waals surface area contributed by atoms with Crippen LogP contribution in [0, 0.1) is 5.82 Å². The van der Waals surface area contributed by atoms with Gasteiger partial charge in [-0.1, -0.05) is 24.3 Å². The summed E-state index contributed by atoms with van der Waals surface area (Å²) in [5.74, 6) is -0.431. The van der Waals surface area contributed by atoms with E-state index in [-0.39, 0.29) is 30.1 Å². The standard InChI is InChI=1S/C18H18FNO3/c1-23-14-8-6-13(7-9-14)12-20-18(22)11-10-17(21)15-4-2-3-5-16(15)19/h2-9H,10-12H2,1H3,(H,20,22). The van der Waals surface area contributed by atoms with Crippen molar-refractivity contribution in [1.29, 1.82) is 0 Å². The SMILES string of the molecule is COc1ccc(CNC(=O)CCC(=O)c2ccccc2F)cc1. The van der Waals surface area contributed by atoms with Gasteiger partial charge in [-0.2, -0.15) is 0 Å². The van der Waals surface area contributed by atoms with Crippen LogP contribution in [0.4, 0.5) is 4.39 Å². The molecular formula is C18H18FNO3. The fraction of sp³-hybridized carbons (Fsp3) is 0.222. The van der Waals surface area contributed by atoms with E-state index in [2.05, 4.69) is 5.32 Å². The summed E-state index contributed by atoms with van der Waals surface area (Å²) < 4.78 is 18.5. The quantitative estimate of drug-likeness (QED) is 0.799. The normalized spacial score (nSPS) is 10.2. The second kappa shape index (κ2) is 8.08. The Morgan fingerprint density at radius 1 is 1.04 bits per heavy atom. The van der Waals surface area contributed by atoms with Crippen molar-refractivity contribution >= 4 is 11.7 Å². The van der Waals surface area contributed by atoms with Crippen molar-refractivity contribution in [1.82, 2.24) is 5.32 Å².